The lowest BCUT2D eigenvalue weighted by Crippen LogP contribution is -2.22. The highest BCUT2D eigenvalue weighted by molar-refractivity contribution is 9.11. The van der Waals surface area contributed by atoms with Gasteiger partial charge in [0, 0.05) is 10.9 Å². The van der Waals surface area contributed by atoms with Crippen LogP contribution in [-0.4, -0.2) is 6.54 Å². The highest BCUT2D eigenvalue weighted by Crippen LogP contribution is 2.32. The van der Waals surface area contributed by atoms with Gasteiger partial charge in [0.05, 0.1) is 3.79 Å². The van der Waals surface area contributed by atoms with Gasteiger partial charge in [0.15, 0.2) is 0 Å². The Morgan fingerprint density at radius 3 is 2.59 bits per heavy atom. The summed E-state index contributed by atoms with van der Waals surface area (Å²) in [6, 6.07) is 2.84. The summed E-state index contributed by atoms with van der Waals surface area (Å²) in [5, 5.41) is 3.68. The summed E-state index contributed by atoms with van der Waals surface area (Å²) < 4.78 is 1.25. The molecule has 98 valence electrons. The third kappa shape index (κ3) is 5.11. The average Bonchev–Trinajstić information content (AvgIpc) is 2.63. The summed E-state index contributed by atoms with van der Waals surface area (Å²) in [6.45, 7) is 7.84. The first-order valence-corrected chi connectivity index (χ1v) is 8.29. The molecule has 0 aliphatic rings. The van der Waals surface area contributed by atoms with Crippen molar-refractivity contribution in [3.63, 3.8) is 0 Å². The lowest BCUT2D eigenvalue weighted by molar-refractivity contribution is 0.474. The first-order valence-electron chi connectivity index (χ1n) is 6.68. The highest BCUT2D eigenvalue weighted by Gasteiger charge is 2.15. The van der Waals surface area contributed by atoms with Crippen LogP contribution in [0.5, 0.6) is 0 Å². The first kappa shape index (κ1) is 15.2. The maximum Gasteiger partial charge on any atom is 0.0704 e. The Hall–Kier alpha value is 0.140. The van der Waals surface area contributed by atoms with Gasteiger partial charge in [0.25, 0.3) is 0 Å². The molecule has 0 saturated heterocycles. The number of hydrogen-bond donors (Lipinski definition) is 1. The molecule has 0 fully saturated rings. The van der Waals surface area contributed by atoms with E-state index in [0.717, 1.165) is 6.54 Å². The average molecular weight is 318 g/mol. The number of unbranched alkanes of at least 4 members (excludes halogenated alkanes) is 2. The van der Waals surface area contributed by atoms with Crippen molar-refractivity contribution in [1.82, 2.24) is 5.32 Å². The molecule has 0 radical (unpaired) electrons. The van der Waals surface area contributed by atoms with E-state index < -0.39 is 0 Å². The van der Waals surface area contributed by atoms with Crippen molar-refractivity contribution in [3.8, 4) is 0 Å². The maximum absolute atomic E-state index is 3.68. The lowest BCUT2D eigenvalue weighted by atomic mass is 10.0. The van der Waals surface area contributed by atoms with E-state index in [9.17, 15) is 0 Å². The zero-order valence-corrected chi connectivity index (χ0v) is 13.6. The molecule has 0 saturated carbocycles. The van der Waals surface area contributed by atoms with Gasteiger partial charge in [0.2, 0.25) is 0 Å². The van der Waals surface area contributed by atoms with Crippen molar-refractivity contribution in [3.05, 3.63) is 20.3 Å². The Morgan fingerprint density at radius 2 is 2.06 bits per heavy atom. The van der Waals surface area contributed by atoms with E-state index in [1.165, 1.54) is 46.3 Å². The van der Waals surface area contributed by atoms with E-state index in [1.807, 2.05) is 11.3 Å². The summed E-state index contributed by atoms with van der Waals surface area (Å²) in [4.78, 5) is 1.45. The highest BCUT2D eigenvalue weighted by atomic mass is 79.9. The minimum atomic E-state index is 0.545. The smallest absolute Gasteiger partial charge is 0.0704 e. The van der Waals surface area contributed by atoms with Gasteiger partial charge in [-0.25, -0.2) is 0 Å². The number of rotatable bonds is 8. The fourth-order valence-corrected chi connectivity index (χ4v) is 3.86. The molecule has 0 spiro atoms. The van der Waals surface area contributed by atoms with Crippen molar-refractivity contribution in [2.24, 2.45) is 0 Å². The number of halogens is 1. The van der Waals surface area contributed by atoms with Crippen molar-refractivity contribution < 1.29 is 0 Å². The molecule has 1 heterocycles. The Kier molecular flexibility index (Phi) is 7.40. The Labute approximate surface area is 118 Å². The van der Waals surface area contributed by atoms with Crippen LogP contribution in [0.1, 0.15) is 62.4 Å². The topological polar surface area (TPSA) is 12.0 Å². The number of aryl methyl sites for hydroxylation is 1. The van der Waals surface area contributed by atoms with Crippen LogP contribution in [0.2, 0.25) is 0 Å². The fraction of sp³-hybridized carbons (Fsp3) is 0.714. The maximum atomic E-state index is 3.68. The Balaban J connectivity index is 2.64. The minimum Gasteiger partial charge on any atom is -0.310 e. The van der Waals surface area contributed by atoms with E-state index in [4.69, 9.17) is 0 Å². The predicted octanol–water partition coefficient (Wildman–Crippen LogP) is 5.44. The second-order valence-electron chi connectivity index (χ2n) is 4.56. The van der Waals surface area contributed by atoms with E-state index in [1.54, 1.807) is 0 Å². The normalized spacial score (nSPS) is 12.9. The molecule has 1 unspecified atom stereocenters. The van der Waals surface area contributed by atoms with E-state index in [2.05, 4.69) is 48.1 Å². The van der Waals surface area contributed by atoms with E-state index >= 15 is 0 Å². The van der Waals surface area contributed by atoms with Crippen LogP contribution in [0.4, 0.5) is 0 Å². The number of nitrogens with one attached hydrogen (secondary N) is 1. The second kappa shape index (κ2) is 8.28. The summed E-state index contributed by atoms with van der Waals surface area (Å²) in [6.07, 6.45) is 6.43. The van der Waals surface area contributed by atoms with Crippen LogP contribution < -0.4 is 5.32 Å². The van der Waals surface area contributed by atoms with Crippen LogP contribution in [0.15, 0.2) is 9.85 Å². The number of thiophene rings is 1. The summed E-state index contributed by atoms with van der Waals surface area (Å²) in [7, 11) is 0. The summed E-state index contributed by atoms with van der Waals surface area (Å²) in [5.74, 6) is 0. The van der Waals surface area contributed by atoms with Crippen molar-refractivity contribution >= 4 is 27.3 Å². The van der Waals surface area contributed by atoms with E-state index in [0.29, 0.717) is 6.04 Å². The monoisotopic (exact) mass is 317 g/mol. The van der Waals surface area contributed by atoms with Crippen molar-refractivity contribution in [1.29, 1.82) is 0 Å². The van der Waals surface area contributed by atoms with Crippen molar-refractivity contribution in [2.45, 2.75) is 58.9 Å². The Bertz CT molecular complexity index is 322. The van der Waals surface area contributed by atoms with Crippen LogP contribution in [0.3, 0.4) is 0 Å². The van der Waals surface area contributed by atoms with Gasteiger partial charge in [-0.05, 0) is 53.9 Å². The molecular formula is C14H24BrNS. The third-order valence-corrected chi connectivity index (χ3v) is 4.61. The van der Waals surface area contributed by atoms with Crippen LogP contribution in [0, 0.1) is 6.92 Å². The van der Waals surface area contributed by atoms with Crippen LogP contribution >= 0.6 is 27.3 Å². The van der Waals surface area contributed by atoms with Crippen molar-refractivity contribution in [2.75, 3.05) is 6.54 Å². The molecule has 0 aliphatic heterocycles. The van der Waals surface area contributed by atoms with Gasteiger partial charge in [-0.2, -0.15) is 0 Å². The third-order valence-electron chi connectivity index (χ3n) is 3.04. The molecule has 3 heteroatoms. The quantitative estimate of drug-likeness (QED) is 0.629. The standard InChI is InChI=1S/C14H24BrNS/c1-4-6-7-8-13(16-9-5-2)12-10-14(15)17-11(12)3/h10,13,16H,4-9H2,1-3H3. The van der Waals surface area contributed by atoms with Gasteiger partial charge in [-0.15, -0.1) is 11.3 Å². The molecule has 1 rings (SSSR count). The molecule has 0 aromatic carbocycles. The summed E-state index contributed by atoms with van der Waals surface area (Å²) in [5.41, 5.74) is 1.49. The van der Waals surface area contributed by atoms with Gasteiger partial charge < -0.3 is 5.32 Å². The van der Waals surface area contributed by atoms with Crippen LogP contribution in [0.25, 0.3) is 0 Å². The first-order chi connectivity index (χ1) is 8.19. The zero-order valence-electron chi connectivity index (χ0n) is 11.2. The van der Waals surface area contributed by atoms with E-state index in [-0.39, 0.29) is 0 Å². The minimum absolute atomic E-state index is 0.545. The Morgan fingerprint density at radius 1 is 1.29 bits per heavy atom. The molecule has 0 aliphatic carbocycles. The van der Waals surface area contributed by atoms with Gasteiger partial charge in [-0.3, -0.25) is 0 Å². The molecule has 1 N–H and O–H groups in total. The molecule has 1 nitrogen and oxygen atoms in total. The molecule has 17 heavy (non-hydrogen) atoms. The fourth-order valence-electron chi connectivity index (χ4n) is 2.09. The molecular weight excluding hydrogens is 294 g/mol. The van der Waals surface area contributed by atoms with Gasteiger partial charge in [0.1, 0.15) is 0 Å². The van der Waals surface area contributed by atoms with Gasteiger partial charge in [-0.1, -0.05) is 33.1 Å². The predicted molar refractivity (Wildman–Crippen MR) is 81.9 cm³/mol. The molecule has 1 aromatic heterocycles. The second-order valence-corrected chi connectivity index (χ2v) is 7.20. The SMILES string of the molecule is CCCCCC(NCCC)c1cc(Br)sc1C. The van der Waals surface area contributed by atoms with Crippen LogP contribution in [-0.2, 0) is 0 Å². The number of hydrogen-bond acceptors (Lipinski definition) is 2. The largest absolute Gasteiger partial charge is 0.310 e. The lowest BCUT2D eigenvalue weighted by Gasteiger charge is -2.18. The summed E-state index contributed by atoms with van der Waals surface area (Å²) >= 11 is 5.44. The van der Waals surface area contributed by atoms with Gasteiger partial charge >= 0.3 is 0 Å². The molecule has 0 bridgehead atoms. The molecule has 1 aromatic rings. The molecule has 1 atom stereocenters. The molecule has 0 amide bonds. The zero-order chi connectivity index (χ0) is 12.7.